The van der Waals surface area contributed by atoms with Crippen LogP contribution in [0.4, 0.5) is 0 Å². The third-order valence-electron chi connectivity index (χ3n) is 4.34. The van der Waals surface area contributed by atoms with Gasteiger partial charge in [-0.1, -0.05) is 6.08 Å². The molecule has 1 aromatic carbocycles. The number of amides is 1. The Bertz CT molecular complexity index is 825. The molecule has 1 atom stereocenters. The second-order valence-electron chi connectivity index (χ2n) is 6.29. The SMILES string of the molecule is C=CCNS(=O)(=O)c1ccc(Br)c(C(=O)OCC(=O)N2CCCC[C@H]2C)c1. The number of nitrogens with one attached hydrogen (secondary N) is 1. The minimum absolute atomic E-state index is 0.0379. The zero-order valence-corrected chi connectivity index (χ0v) is 17.5. The van der Waals surface area contributed by atoms with Crippen molar-refractivity contribution in [3.05, 3.63) is 40.9 Å². The molecular formula is C18H23BrN2O5S. The topological polar surface area (TPSA) is 92.8 Å². The van der Waals surface area contributed by atoms with Crippen molar-refractivity contribution in [3.8, 4) is 0 Å². The van der Waals surface area contributed by atoms with Gasteiger partial charge in [0.25, 0.3) is 5.91 Å². The van der Waals surface area contributed by atoms with Crippen molar-refractivity contribution in [2.24, 2.45) is 0 Å². The summed E-state index contributed by atoms with van der Waals surface area (Å²) in [5, 5.41) is 0. The molecule has 7 nitrogen and oxygen atoms in total. The summed E-state index contributed by atoms with van der Waals surface area (Å²) >= 11 is 3.22. The second-order valence-corrected chi connectivity index (χ2v) is 8.91. The number of hydrogen-bond donors (Lipinski definition) is 1. The van der Waals surface area contributed by atoms with Crippen molar-refractivity contribution in [2.75, 3.05) is 19.7 Å². The van der Waals surface area contributed by atoms with Gasteiger partial charge < -0.3 is 9.64 Å². The van der Waals surface area contributed by atoms with Crippen LogP contribution in [0.2, 0.25) is 0 Å². The highest BCUT2D eigenvalue weighted by atomic mass is 79.9. The van der Waals surface area contributed by atoms with E-state index in [2.05, 4.69) is 27.2 Å². The number of carbonyl (C=O) groups excluding carboxylic acids is 2. The van der Waals surface area contributed by atoms with E-state index in [9.17, 15) is 18.0 Å². The van der Waals surface area contributed by atoms with Crippen LogP contribution in [0.25, 0.3) is 0 Å². The normalized spacial score (nSPS) is 17.4. The highest BCUT2D eigenvalue weighted by Crippen LogP contribution is 2.22. The number of ether oxygens (including phenoxy) is 1. The lowest BCUT2D eigenvalue weighted by Crippen LogP contribution is -2.44. The van der Waals surface area contributed by atoms with E-state index in [4.69, 9.17) is 4.74 Å². The number of hydrogen-bond acceptors (Lipinski definition) is 5. The molecule has 0 saturated carbocycles. The van der Waals surface area contributed by atoms with Gasteiger partial charge in [0, 0.05) is 23.6 Å². The first-order valence-electron chi connectivity index (χ1n) is 8.63. The van der Waals surface area contributed by atoms with E-state index >= 15 is 0 Å². The molecule has 0 bridgehead atoms. The number of rotatable bonds is 7. The molecule has 9 heteroatoms. The van der Waals surface area contributed by atoms with Crippen LogP contribution >= 0.6 is 15.9 Å². The Morgan fingerprint density at radius 1 is 1.41 bits per heavy atom. The minimum Gasteiger partial charge on any atom is -0.452 e. The minimum atomic E-state index is -3.78. The van der Waals surface area contributed by atoms with Crippen molar-refractivity contribution in [3.63, 3.8) is 0 Å². The maximum Gasteiger partial charge on any atom is 0.339 e. The number of sulfonamides is 1. The zero-order valence-electron chi connectivity index (χ0n) is 15.1. The number of piperidine rings is 1. The molecule has 1 amide bonds. The first-order valence-corrected chi connectivity index (χ1v) is 10.9. The third-order valence-corrected chi connectivity index (χ3v) is 6.45. The Hall–Kier alpha value is -1.71. The van der Waals surface area contributed by atoms with Gasteiger partial charge in [0.05, 0.1) is 10.5 Å². The smallest absolute Gasteiger partial charge is 0.339 e. The number of esters is 1. The molecule has 0 radical (unpaired) electrons. The summed E-state index contributed by atoms with van der Waals surface area (Å²) in [6.07, 6.45) is 4.37. The van der Waals surface area contributed by atoms with Crippen LogP contribution in [0, 0.1) is 0 Å². The van der Waals surface area contributed by atoms with Crippen LogP contribution in [0.1, 0.15) is 36.5 Å². The molecule has 0 aliphatic carbocycles. The molecule has 0 aromatic heterocycles. The predicted molar refractivity (Wildman–Crippen MR) is 105 cm³/mol. The molecule has 1 heterocycles. The van der Waals surface area contributed by atoms with Crippen LogP contribution in [-0.2, 0) is 19.6 Å². The number of benzene rings is 1. The molecule has 1 fully saturated rings. The molecule has 1 aliphatic rings. The van der Waals surface area contributed by atoms with Crippen LogP contribution in [0.5, 0.6) is 0 Å². The molecule has 2 rings (SSSR count). The molecular weight excluding hydrogens is 436 g/mol. The summed E-state index contributed by atoms with van der Waals surface area (Å²) in [6, 6.07) is 4.16. The first-order chi connectivity index (χ1) is 12.8. The lowest BCUT2D eigenvalue weighted by atomic mass is 10.0. The van der Waals surface area contributed by atoms with Crippen LogP contribution in [0.3, 0.4) is 0 Å². The van der Waals surface area contributed by atoms with Gasteiger partial charge in [0.15, 0.2) is 6.61 Å². The Balaban J connectivity index is 2.08. The quantitative estimate of drug-likeness (QED) is 0.500. The van der Waals surface area contributed by atoms with E-state index in [0.717, 1.165) is 19.3 Å². The van der Waals surface area contributed by atoms with Gasteiger partial charge in [0.1, 0.15) is 0 Å². The molecule has 0 spiro atoms. The summed E-state index contributed by atoms with van der Waals surface area (Å²) in [6.45, 7) is 5.78. The van der Waals surface area contributed by atoms with Crippen molar-refractivity contribution >= 4 is 37.8 Å². The van der Waals surface area contributed by atoms with Gasteiger partial charge in [-0.15, -0.1) is 6.58 Å². The Labute approximate surface area is 167 Å². The highest BCUT2D eigenvalue weighted by Gasteiger charge is 2.25. The molecule has 1 aliphatic heterocycles. The Kier molecular flexibility index (Phi) is 7.58. The Morgan fingerprint density at radius 3 is 2.81 bits per heavy atom. The molecule has 1 saturated heterocycles. The van der Waals surface area contributed by atoms with E-state index in [1.165, 1.54) is 24.3 Å². The average molecular weight is 459 g/mol. The summed E-state index contributed by atoms with van der Waals surface area (Å²) in [4.78, 5) is 26.3. The predicted octanol–water partition coefficient (Wildman–Crippen LogP) is 2.47. The zero-order chi connectivity index (χ0) is 20.0. The number of nitrogens with zero attached hydrogens (tertiary/aromatic N) is 1. The van der Waals surface area contributed by atoms with Crippen molar-refractivity contribution in [1.82, 2.24) is 9.62 Å². The largest absolute Gasteiger partial charge is 0.452 e. The maximum atomic E-state index is 12.4. The molecule has 1 aromatic rings. The monoisotopic (exact) mass is 458 g/mol. The van der Waals surface area contributed by atoms with Crippen LogP contribution in [0.15, 0.2) is 40.2 Å². The highest BCUT2D eigenvalue weighted by molar-refractivity contribution is 9.10. The standard InChI is InChI=1S/C18H23BrN2O5S/c1-3-9-20-27(24,25)14-7-8-16(19)15(11-14)18(23)26-12-17(22)21-10-5-4-6-13(21)2/h3,7-8,11,13,20H,1,4-6,9-10,12H2,2H3/t13-/m1/s1. The van der Waals surface area contributed by atoms with Crippen molar-refractivity contribution in [1.29, 1.82) is 0 Å². The third kappa shape index (κ3) is 5.63. The fourth-order valence-electron chi connectivity index (χ4n) is 2.84. The fraction of sp³-hybridized carbons (Fsp3) is 0.444. The molecule has 27 heavy (non-hydrogen) atoms. The lowest BCUT2D eigenvalue weighted by molar-refractivity contribution is -0.137. The van der Waals surface area contributed by atoms with Crippen molar-refractivity contribution in [2.45, 2.75) is 37.1 Å². The first kappa shape index (κ1) is 21.6. The fourth-order valence-corrected chi connectivity index (χ4v) is 4.27. The van der Waals surface area contributed by atoms with Crippen LogP contribution in [-0.4, -0.2) is 50.9 Å². The number of halogens is 1. The number of likely N-dealkylation sites (tertiary alicyclic amines) is 1. The van der Waals surface area contributed by atoms with E-state index in [1.54, 1.807) is 4.90 Å². The lowest BCUT2D eigenvalue weighted by Gasteiger charge is -2.33. The second kappa shape index (κ2) is 9.48. The summed E-state index contributed by atoms with van der Waals surface area (Å²) in [7, 11) is -3.78. The van der Waals surface area contributed by atoms with E-state index in [0.29, 0.717) is 11.0 Å². The summed E-state index contributed by atoms with van der Waals surface area (Å²) in [5.74, 6) is -1.01. The van der Waals surface area contributed by atoms with Gasteiger partial charge in [0.2, 0.25) is 10.0 Å². The van der Waals surface area contributed by atoms with E-state index < -0.39 is 16.0 Å². The van der Waals surface area contributed by atoms with Crippen molar-refractivity contribution < 1.29 is 22.7 Å². The average Bonchev–Trinajstić information content (AvgIpc) is 2.64. The van der Waals surface area contributed by atoms with Gasteiger partial charge in [-0.25, -0.2) is 17.9 Å². The molecule has 148 valence electrons. The Morgan fingerprint density at radius 2 is 2.15 bits per heavy atom. The summed E-state index contributed by atoms with van der Waals surface area (Å²) < 4.78 is 32.2. The summed E-state index contributed by atoms with van der Waals surface area (Å²) in [5.41, 5.74) is 0.0379. The molecule has 1 N–H and O–H groups in total. The number of carbonyl (C=O) groups is 2. The van der Waals surface area contributed by atoms with Gasteiger partial charge >= 0.3 is 5.97 Å². The van der Waals surface area contributed by atoms with E-state index in [-0.39, 0.29) is 35.6 Å². The van der Waals surface area contributed by atoms with Gasteiger partial charge in [-0.2, -0.15) is 0 Å². The van der Waals surface area contributed by atoms with Gasteiger partial charge in [-0.3, -0.25) is 4.79 Å². The van der Waals surface area contributed by atoms with E-state index in [1.807, 2.05) is 6.92 Å². The molecule has 0 unspecified atom stereocenters. The maximum absolute atomic E-state index is 12.4. The van der Waals surface area contributed by atoms with Gasteiger partial charge in [-0.05, 0) is 60.3 Å². The van der Waals surface area contributed by atoms with Crippen LogP contribution < -0.4 is 4.72 Å².